The lowest BCUT2D eigenvalue weighted by atomic mass is 10.4. The second-order valence-corrected chi connectivity index (χ2v) is 6.38. The molecule has 0 radical (unpaired) electrons. The Bertz CT molecular complexity index is 262. The Morgan fingerprint density at radius 2 is 2.18 bits per heavy atom. The molecule has 102 valence electrons. The second-order valence-electron chi connectivity index (χ2n) is 3.67. The smallest absolute Gasteiger partial charge is 0.379 e. The fourth-order valence-electron chi connectivity index (χ4n) is 1.44. The van der Waals surface area contributed by atoms with Crippen LogP contribution in [-0.2, 0) is 18.6 Å². The lowest BCUT2D eigenvalue weighted by molar-refractivity contribution is 0.0386. The van der Waals surface area contributed by atoms with Crippen LogP contribution in [0.15, 0.2) is 0 Å². The lowest BCUT2D eigenvalue weighted by Gasteiger charge is -2.30. The normalized spacial score (nSPS) is 23.2. The topological polar surface area (TPSA) is 68.2 Å². The van der Waals surface area contributed by atoms with Crippen molar-refractivity contribution in [2.75, 3.05) is 52.0 Å². The molecule has 0 bridgehead atoms. The molecule has 2 unspecified atom stereocenters. The van der Waals surface area contributed by atoms with Crippen LogP contribution in [0.1, 0.15) is 0 Å². The van der Waals surface area contributed by atoms with E-state index in [1.54, 1.807) is 18.9 Å². The molecule has 1 aliphatic heterocycles. The highest BCUT2D eigenvalue weighted by atomic mass is 32.2. The van der Waals surface area contributed by atoms with Gasteiger partial charge in [0.15, 0.2) is 0 Å². The summed E-state index contributed by atoms with van der Waals surface area (Å²) in [4.78, 5) is 9.79. The van der Waals surface area contributed by atoms with Crippen molar-refractivity contribution in [3.8, 4) is 0 Å². The summed E-state index contributed by atoms with van der Waals surface area (Å²) in [6, 6.07) is 0. The van der Waals surface area contributed by atoms with Crippen LogP contribution in [0.3, 0.4) is 0 Å². The first-order chi connectivity index (χ1) is 8.10. The SMILES string of the molecule is COC(COP(=O)(O)N1CCOCC1)CSC. The number of morpholine rings is 1. The monoisotopic (exact) mass is 285 g/mol. The van der Waals surface area contributed by atoms with Crippen LogP contribution >= 0.6 is 19.5 Å². The maximum absolute atomic E-state index is 11.9. The molecular weight excluding hydrogens is 265 g/mol. The Labute approximate surface area is 106 Å². The van der Waals surface area contributed by atoms with Crippen LogP contribution in [0.25, 0.3) is 0 Å². The van der Waals surface area contributed by atoms with Gasteiger partial charge in [-0.25, -0.2) is 9.24 Å². The van der Waals surface area contributed by atoms with Crippen LogP contribution in [0.2, 0.25) is 0 Å². The van der Waals surface area contributed by atoms with Gasteiger partial charge in [0, 0.05) is 26.0 Å². The largest absolute Gasteiger partial charge is 0.405 e. The number of hydrogen-bond acceptors (Lipinski definition) is 5. The third-order valence-electron chi connectivity index (χ3n) is 2.46. The molecule has 1 N–H and O–H groups in total. The van der Waals surface area contributed by atoms with E-state index in [0.29, 0.717) is 26.3 Å². The quantitative estimate of drug-likeness (QED) is 0.694. The van der Waals surface area contributed by atoms with Crippen molar-refractivity contribution in [2.45, 2.75) is 6.10 Å². The number of ether oxygens (including phenoxy) is 2. The third kappa shape index (κ3) is 5.26. The molecule has 0 aromatic heterocycles. The van der Waals surface area contributed by atoms with E-state index in [-0.39, 0.29) is 12.7 Å². The molecule has 0 aromatic rings. The van der Waals surface area contributed by atoms with E-state index in [1.807, 2.05) is 6.26 Å². The van der Waals surface area contributed by atoms with E-state index < -0.39 is 7.75 Å². The number of thioether (sulfide) groups is 1. The Kier molecular flexibility index (Phi) is 7.02. The second kappa shape index (κ2) is 7.74. The van der Waals surface area contributed by atoms with Gasteiger partial charge in [-0.1, -0.05) is 0 Å². The Morgan fingerprint density at radius 1 is 1.53 bits per heavy atom. The molecule has 1 saturated heterocycles. The predicted octanol–water partition coefficient (Wildman–Crippen LogP) is 0.814. The highest BCUT2D eigenvalue weighted by molar-refractivity contribution is 7.98. The lowest BCUT2D eigenvalue weighted by Crippen LogP contribution is -2.35. The van der Waals surface area contributed by atoms with Crippen LogP contribution in [-0.4, -0.2) is 67.7 Å². The van der Waals surface area contributed by atoms with E-state index >= 15 is 0 Å². The zero-order chi connectivity index (χ0) is 12.7. The molecule has 0 amide bonds. The van der Waals surface area contributed by atoms with E-state index in [1.165, 1.54) is 4.67 Å². The fraction of sp³-hybridized carbons (Fsp3) is 1.00. The van der Waals surface area contributed by atoms with Crippen molar-refractivity contribution in [3.63, 3.8) is 0 Å². The first-order valence-corrected chi connectivity index (χ1v) is 8.35. The van der Waals surface area contributed by atoms with Gasteiger partial charge in [0.2, 0.25) is 0 Å². The van der Waals surface area contributed by atoms with Crippen LogP contribution < -0.4 is 0 Å². The van der Waals surface area contributed by atoms with Crippen molar-refractivity contribution < 1.29 is 23.5 Å². The molecule has 8 heteroatoms. The first kappa shape index (κ1) is 15.4. The van der Waals surface area contributed by atoms with Gasteiger partial charge in [0.1, 0.15) is 0 Å². The fourth-order valence-corrected chi connectivity index (χ4v) is 3.24. The highest BCUT2D eigenvalue weighted by Gasteiger charge is 2.31. The maximum atomic E-state index is 11.9. The molecule has 1 fully saturated rings. The molecule has 0 aromatic carbocycles. The van der Waals surface area contributed by atoms with Crippen molar-refractivity contribution in [2.24, 2.45) is 0 Å². The van der Waals surface area contributed by atoms with Gasteiger partial charge >= 0.3 is 7.75 Å². The summed E-state index contributed by atoms with van der Waals surface area (Å²) in [7, 11) is -2.12. The van der Waals surface area contributed by atoms with E-state index in [2.05, 4.69) is 0 Å². The summed E-state index contributed by atoms with van der Waals surface area (Å²) >= 11 is 1.61. The summed E-state index contributed by atoms with van der Waals surface area (Å²) in [6.07, 6.45) is 1.79. The van der Waals surface area contributed by atoms with Gasteiger partial charge < -0.3 is 14.4 Å². The van der Waals surface area contributed by atoms with Gasteiger partial charge in [0.05, 0.1) is 25.9 Å². The number of rotatable bonds is 7. The summed E-state index contributed by atoms with van der Waals surface area (Å²) < 4.78 is 28.8. The molecule has 0 spiro atoms. The number of hydrogen-bond donors (Lipinski definition) is 1. The standard InChI is InChI=1S/C9H20NO5PS/c1-13-9(8-17-2)7-15-16(11,12)10-3-5-14-6-4-10/h9H,3-8H2,1-2H3,(H,11,12). The molecule has 1 rings (SSSR count). The molecule has 0 aliphatic carbocycles. The molecule has 1 aliphatic rings. The Balaban J connectivity index is 2.39. The molecule has 17 heavy (non-hydrogen) atoms. The molecule has 2 atom stereocenters. The average Bonchev–Trinajstić information content (AvgIpc) is 2.35. The molecule has 1 heterocycles. The van der Waals surface area contributed by atoms with Crippen molar-refractivity contribution in [1.29, 1.82) is 0 Å². The number of nitrogens with zero attached hydrogens (tertiary/aromatic N) is 1. The average molecular weight is 285 g/mol. The van der Waals surface area contributed by atoms with Gasteiger partial charge in [-0.05, 0) is 6.26 Å². The van der Waals surface area contributed by atoms with Gasteiger partial charge in [-0.2, -0.15) is 11.8 Å². The molecule has 6 nitrogen and oxygen atoms in total. The van der Waals surface area contributed by atoms with Gasteiger partial charge in [0.25, 0.3) is 0 Å². The zero-order valence-corrected chi connectivity index (χ0v) is 11.9. The van der Waals surface area contributed by atoms with Gasteiger partial charge in [-0.15, -0.1) is 0 Å². The highest BCUT2D eigenvalue weighted by Crippen LogP contribution is 2.46. The minimum atomic E-state index is -3.69. The van der Waals surface area contributed by atoms with Crippen LogP contribution in [0.4, 0.5) is 0 Å². The minimum Gasteiger partial charge on any atom is -0.379 e. The molecule has 0 saturated carbocycles. The summed E-state index contributed by atoms with van der Waals surface area (Å²) in [5.41, 5.74) is 0. The minimum absolute atomic E-state index is 0.127. The third-order valence-corrected chi connectivity index (χ3v) is 4.76. The van der Waals surface area contributed by atoms with Gasteiger partial charge in [-0.3, -0.25) is 4.52 Å². The predicted molar refractivity (Wildman–Crippen MR) is 67.3 cm³/mol. The van der Waals surface area contributed by atoms with E-state index in [4.69, 9.17) is 14.0 Å². The summed E-state index contributed by atoms with van der Waals surface area (Å²) in [6.45, 7) is 1.91. The maximum Gasteiger partial charge on any atom is 0.405 e. The summed E-state index contributed by atoms with van der Waals surface area (Å²) in [5, 5.41) is 0. The number of methoxy groups -OCH3 is 1. The van der Waals surface area contributed by atoms with Crippen LogP contribution in [0.5, 0.6) is 0 Å². The summed E-state index contributed by atoms with van der Waals surface area (Å²) in [5.74, 6) is 0.736. The van der Waals surface area contributed by atoms with Crippen LogP contribution in [0, 0.1) is 0 Å². The van der Waals surface area contributed by atoms with E-state index in [0.717, 1.165) is 5.75 Å². The zero-order valence-electron chi connectivity index (χ0n) is 10.2. The van der Waals surface area contributed by atoms with Crippen molar-refractivity contribution in [3.05, 3.63) is 0 Å². The molecular formula is C9H20NO5PS. The first-order valence-electron chi connectivity index (χ1n) is 5.42. The van der Waals surface area contributed by atoms with E-state index in [9.17, 15) is 9.46 Å². The van der Waals surface area contributed by atoms with Crippen molar-refractivity contribution >= 4 is 19.5 Å². The Hall–Kier alpha value is 0.380. The Morgan fingerprint density at radius 3 is 2.71 bits per heavy atom. The van der Waals surface area contributed by atoms with Crippen molar-refractivity contribution in [1.82, 2.24) is 4.67 Å².